The van der Waals surface area contributed by atoms with Gasteiger partial charge in [0, 0.05) is 0 Å². The number of anilines is 2. The van der Waals surface area contributed by atoms with Crippen LogP contribution in [0.1, 0.15) is 37.8 Å². The first-order valence-corrected chi connectivity index (χ1v) is 17.0. The van der Waals surface area contributed by atoms with Crippen LogP contribution in [0.2, 0.25) is 0 Å². The quantitative estimate of drug-likeness (QED) is 0.149. The predicted molar refractivity (Wildman–Crippen MR) is 156 cm³/mol. The van der Waals surface area contributed by atoms with E-state index in [-0.39, 0.29) is 46.5 Å². The van der Waals surface area contributed by atoms with Crippen LogP contribution >= 0.6 is 0 Å². The molecule has 0 bridgehead atoms. The molecule has 1 aromatic carbocycles. The first-order chi connectivity index (χ1) is 20.5. The molecule has 5 heterocycles. The van der Waals surface area contributed by atoms with E-state index in [1.807, 2.05) is 6.07 Å². The molecule has 3 aromatic heterocycles. The molecular weight excluding hydrogens is 645 g/mol. The van der Waals surface area contributed by atoms with E-state index in [1.165, 1.54) is 53.4 Å². The van der Waals surface area contributed by atoms with E-state index >= 15 is 0 Å². The van der Waals surface area contributed by atoms with Crippen molar-refractivity contribution in [2.75, 3.05) is 31.6 Å². The van der Waals surface area contributed by atoms with E-state index in [2.05, 4.69) is 46.0 Å². The molecule has 42 heavy (non-hydrogen) atoms. The second kappa shape index (κ2) is 11.5. The van der Waals surface area contributed by atoms with Crippen LogP contribution in [0.25, 0.3) is 16.9 Å². The number of aromatic nitrogens is 5. The summed E-state index contributed by atoms with van der Waals surface area (Å²) in [5.41, 5.74) is 0.450. The summed E-state index contributed by atoms with van der Waals surface area (Å²) in [4.78, 5) is 29.9. The number of likely N-dealkylation sites (tertiary alicyclic amines) is 1. The van der Waals surface area contributed by atoms with Crippen molar-refractivity contribution in [3.05, 3.63) is 80.9 Å². The average molecular weight is 681 g/mol. The van der Waals surface area contributed by atoms with Crippen molar-refractivity contribution >= 4 is 22.7 Å². The molecule has 3 fully saturated rings. The van der Waals surface area contributed by atoms with Crippen LogP contribution in [0.15, 0.2) is 66.1 Å². The molecule has 7 rings (SSSR count). The van der Waals surface area contributed by atoms with Crippen molar-refractivity contribution in [2.24, 2.45) is 0 Å². The molecule has 0 radical (unpaired) electrons. The third-order valence-electron chi connectivity index (χ3n) is 8.50. The van der Waals surface area contributed by atoms with E-state index in [9.17, 15) is 9.90 Å². The maximum atomic E-state index is 13.3. The van der Waals surface area contributed by atoms with Gasteiger partial charge in [-0.25, -0.2) is 0 Å². The molecule has 220 valence electrons. The molecule has 4 aromatic rings. The number of fused-ring (bicyclic) bond motifs is 1. The zero-order valence-corrected chi connectivity index (χ0v) is 25.6. The fourth-order valence-corrected chi connectivity index (χ4v) is 9.11. The monoisotopic (exact) mass is 680 g/mol. The van der Waals surface area contributed by atoms with Gasteiger partial charge in [0.2, 0.25) is 0 Å². The van der Waals surface area contributed by atoms with E-state index in [0.29, 0.717) is 28.5 Å². The zero-order chi connectivity index (χ0) is 28.7. The van der Waals surface area contributed by atoms with Crippen LogP contribution in [-0.4, -0.2) is 70.6 Å². The van der Waals surface area contributed by atoms with Crippen LogP contribution in [0, 0.1) is 3.57 Å². The van der Waals surface area contributed by atoms with E-state index in [0.717, 1.165) is 15.7 Å². The number of aliphatic hydroxyl groups is 1. The molecule has 1 saturated carbocycles. The zero-order valence-electron chi connectivity index (χ0n) is 23.5. The molecule has 2 N–H and O–H groups in total. The number of nitrogens with one attached hydrogen (secondary N) is 1. The maximum absolute atomic E-state index is 13.3. The third-order valence-corrected chi connectivity index (χ3v) is 12.1. The molecule has 10 nitrogen and oxygen atoms in total. The van der Waals surface area contributed by atoms with Gasteiger partial charge in [-0.05, 0) is 6.07 Å². The number of ether oxygens (including phenoxy) is 1. The Morgan fingerprint density at radius 2 is 1.88 bits per heavy atom. The Labute approximate surface area is 254 Å². The van der Waals surface area contributed by atoms with Gasteiger partial charge >= 0.3 is 214 Å². The molecule has 11 heteroatoms. The van der Waals surface area contributed by atoms with Crippen molar-refractivity contribution in [3.63, 3.8) is 0 Å². The Bertz CT molecular complexity index is 1650. The number of nitrogens with zero attached hydrogens (tertiary/aromatic N) is 6. The Morgan fingerprint density at radius 1 is 1.10 bits per heavy atom. The predicted octanol–water partition coefficient (Wildman–Crippen LogP) is 0.400. The molecule has 0 spiro atoms. The molecular formula is C31H35IN7O3-. The summed E-state index contributed by atoms with van der Waals surface area (Å²) >= 11 is -0.0208. The first kappa shape index (κ1) is 27.7. The van der Waals surface area contributed by atoms with Crippen molar-refractivity contribution < 1.29 is 31.0 Å². The van der Waals surface area contributed by atoms with Gasteiger partial charge in [0.05, 0.1) is 13.2 Å². The molecule has 2 aliphatic heterocycles. The number of alkyl halides is 1. The van der Waals surface area contributed by atoms with Gasteiger partial charge in [-0.1, -0.05) is 0 Å². The summed E-state index contributed by atoms with van der Waals surface area (Å²) in [5, 5.41) is 14.5. The summed E-state index contributed by atoms with van der Waals surface area (Å²) < 4.78 is 10.7. The number of hydrogen-bond donors (Lipinski definition) is 2. The minimum absolute atomic E-state index is 0.0208. The minimum atomic E-state index is -1.13. The molecule has 0 atom stereocenters. The number of pyridine rings is 1. The Balaban J connectivity index is 1.11. The standard InChI is InChI=1S/C31H35IN7O3/c1-2-15-38-29(40)25-18-33-30(36-28(25)39(38)27-6-3-5-26(35-27)31(41)19-42-20-31)34-23-11-7-21(8-12-23)32-22-9-13-24(14-10-22)37-16-4-17-37/h2-3,5-8,11-12,18,22,24,41H,1,4,9-10,13-17,19-20H2,(H,33,34,36)/q-1. The van der Waals surface area contributed by atoms with Gasteiger partial charge in [0.1, 0.15) is 0 Å². The Morgan fingerprint density at radius 3 is 2.55 bits per heavy atom. The van der Waals surface area contributed by atoms with Crippen molar-refractivity contribution in [1.29, 1.82) is 0 Å². The summed E-state index contributed by atoms with van der Waals surface area (Å²) in [5.74, 6) is 0.861. The fraction of sp³-hybridized carbons (Fsp3) is 0.419. The van der Waals surface area contributed by atoms with Crippen LogP contribution in [0.4, 0.5) is 11.6 Å². The van der Waals surface area contributed by atoms with Gasteiger partial charge in [0.25, 0.3) is 0 Å². The van der Waals surface area contributed by atoms with Crippen molar-refractivity contribution in [2.45, 2.75) is 54.2 Å². The molecule has 1 aliphatic carbocycles. The normalized spacial score (nSPS) is 22.0. The molecule has 0 amide bonds. The number of rotatable bonds is 9. The molecule has 2 saturated heterocycles. The third kappa shape index (κ3) is 5.27. The number of benzene rings is 1. The van der Waals surface area contributed by atoms with Crippen LogP contribution < -0.4 is 32.1 Å². The summed E-state index contributed by atoms with van der Waals surface area (Å²) in [6, 6.07) is 14.8. The van der Waals surface area contributed by atoms with Gasteiger partial charge in [-0.3, -0.25) is 0 Å². The SMILES string of the molecule is C=CCn1c(=O)c2cnc(Nc3ccc([I-]C4CCC(N5CCC5)CC4)cc3)nc2n1-c1cccc(C2(O)COC2)n1. The van der Waals surface area contributed by atoms with Crippen LogP contribution in [0.5, 0.6) is 0 Å². The Kier molecular flexibility index (Phi) is 7.59. The number of allylic oxidation sites excluding steroid dienone is 1. The number of hydrogen-bond acceptors (Lipinski definition) is 8. The van der Waals surface area contributed by atoms with Gasteiger partial charge < -0.3 is 9.84 Å². The molecule has 3 aliphatic rings. The van der Waals surface area contributed by atoms with Crippen LogP contribution in [-0.2, 0) is 16.9 Å². The summed E-state index contributed by atoms with van der Waals surface area (Å²) in [7, 11) is 0. The van der Waals surface area contributed by atoms with E-state index < -0.39 is 5.60 Å². The number of halogens is 1. The van der Waals surface area contributed by atoms with Crippen LogP contribution in [0.3, 0.4) is 0 Å². The van der Waals surface area contributed by atoms with Crippen molar-refractivity contribution in [1.82, 2.24) is 29.2 Å². The van der Waals surface area contributed by atoms with E-state index in [4.69, 9.17) is 14.7 Å². The summed E-state index contributed by atoms with van der Waals surface area (Å²) in [6.45, 7) is 7.06. The second-order valence-corrected chi connectivity index (χ2v) is 15.0. The van der Waals surface area contributed by atoms with Gasteiger partial charge in [-0.15, -0.1) is 6.58 Å². The van der Waals surface area contributed by atoms with Gasteiger partial charge in [0.15, 0.2) is 5.60 Å². The average Bonchev–Trinajstić information content (AvgIpc) is 3.23. The first-order valence-electron chi connectivity index (χ1n) is 14.6. The second-order valence-electron chi connectivity index (χ2n) is 11.4. The Hall–Kier alpha value is -3.13. The summed E-state index contributed by atoms with van der Waals surface area (Å²) in [6.07, 6.45) is 10.0. The van der Waals surface area contributed by atoms with Crippen molar-refractivity contribution in [3.8, 4) is 5.82 Å². The fourth-order valence-electron chi connectivity index (χ4n) is 5.98. The van der Waals surface area contributed by atoms with E-state index in [1.54, 1.807) is 29.1 Å². The topological polar surface area (TPSA) is 110 Å². The molecule has 0 unspecified atom stereocenters. The van der Waals surface area contributed by atoms with Gasteiger partial charge in [-0.2, -0.15) is 0 Å².